The number of aromatic nitrogens is 1. The molecular weight excluding hydrogens is 384 g/mol. The lowest BCUT2D eigenvalue weighted by atomic mass is 9.96. The normalized spacial score (nSPS) is 10.1. The van der Waals surface area contributed by atoms with Gasteiger partial charge in [0, 0.05) is 10.5 Å². The molecule has 3 aromatic rings. The number of nitriles is 2. The van der Waals surface area contributed by atoms with E-state index in [2.05, 4.69) is 17.1 Å². The Labute approximate surface area is 173 Å². The minimum atomic E-state index is 0.0749. The Bertz CT molecular complexity index is 1150. The largest absolute Gasteiger partial charge is 0.493 e. The number of hydrogen-bond acceptors (Lipinski definition) is 7. The highest BCUT2D eigenvalue weighted by Gasteiger charge is 2.22. The molecular formula is C22H18N4O2S. The average Bonchev–Trinajstić information content (AvgIpc) is 2.74. The van der Waals surface area contributed by atoms with Crippen molar-refractivity contribution in [3.05, 3.63) is 59.2 Å². The Balaban J connectivity index is 2.23. The molecule has 1 aromatic heterocycles. The maximum atomic E-state index is 9.91. The number of pyridine rings is 1. The zero-order chi connectivity index (χ0) is 21.0. The van der Waals surface area contributed by atoms with E-state index in [1.54, 1.807) is 25.3 Å². The van der Waals surface area contributed by atoms with Crippen molar-refractivity contribution in [1.29, 1.82) is 10.5 Å². The summed E-state index contributed by atoms with van der Waals surface area (Å²) in [5.74, 6) is 1.11. The van der Waals surface area contributed by atoms with Crippen molar-refractivity contribution in [2.45, 2.75) is 16.8 Å². The van der Waals surface area contributed by atoms with Gasteiger partial charge >= 0.3 is 0 Å². The minimum Gasteiger partial charge on any atom is -0.493 e. The van der Waals surface area contributed by atoms with Crippen molar-refractivity contribution in [2.75, 3.05) is 20.0 Å². The fourth-order valence-electron chi connectivity index (χ4n) is 2.87. The first kappa shape index (κ1) is 20.1. The van der Waals surface area contributed by atoms with Gasteiger partial charge in [-0.25, -0.2) is 4.98 Å². The van der Waals surface area contributed by atoms with Crippen LogP contribution in [0.2, 0.25) is 0 Å². The van der Waals surface area contributed by atoms with Crippen LogP contribution in [0.3, 0.4) is 0 Å². The van der Waals surface area contributed by atoms with Crippen molar-refractivity contribution in [3.63, 3.8) is 0 Å². The second-order valence-corrected chi connectivity index (χ2v) is 7.20. The number of methoxy groups -OCH3 is 2. The van der Waals surface area contributed by atoms with E-state index < -0.39 is 0 Å². The van der Waals surface area contributed by atoms with Gasteiger partial charge in [-0.3, -0.25) is 0 Å². The van der Waals surface area contributed by atoms with Crippen LogP contribution >= 0.6 is 11.8 Å². The first-order valence-corrected chi connectivity index (χ1v) is 9.44. The molecule has 0 saturated heterocycles. The molecule has 0 saturated carbocycles. The predicted octanol–water partition coefficient (Wildman–Crippen LogP) is 4.55. The maximum absolute atomic E-state index is 9.91. The van der Waals surface area contributed by atoms with Gasteiger partial charge in [-0.1, -0.05) is 35.5 Å². The van der Waals surface area contributed by atoms with Crippen molar-refractivity contribution >= 4 is 17.6 Å². The average molecular weight is 402 g/mol. The number of hydrogen-bond donors (Lipinski definition) is 1. The van der Waals surface area contributed by atoms with Crippen LogP contribution < -0.4 is 15.2 Å². The number of anilines is 1. The Morgan fingerprint density at radius 1 is 0.931 bits per heavy atom. The van der Waals surface area contributed by atoms with Gasteiger partial charge < -0.3 is 15.2 Å². The van der Waals surface area contributed by atoms with Crippen molar-refractivity contribution in [3.8, 4) is 34.8 Å². The topological polar surface area (TPSA) is 105 Å². The van der Waals surface area contributed by atoms with Crippen LogP contribution in [-0.4, -0.2) is 19.2 Å². The highest BCUT2D eigenvalue weighted by atomic mass is 32.2. The number of aryl methyl sites for hydroxylation is 1. The Hall–Kier alpha value is -3.68. The number of nitrogens with two attached hydrogens (primary N) is 1. The molecule has 0 bridgehead atoms. The molecule has 3 rings (SSSR count). The van der Waals surface area contributed by atoms with E-state index in [1.165, 1.54) is 18.9 Å². The molecule has 2 N–H and O–H groups in total. The molecule has 0 unspecified atom stereocenters. The second-order valence-electron chi connectivity index (χ2n) is 6.14. The first-order chi connectivity index (χ1) is 14.0. The Morgan fingerprint density at radius 3 is 2.17 bits per heavy atom. The number of nitrogens with zero attached hydrogens (tertiary/aromatic N) is 3. The van der Waals surface area contributed by atoms with Crippen LogP contribution in [0.1, 0.15) is 16.7 Å². The van der Waals surface area contributed by atoms with Crippen LogP contribution in [0.5, 0.6) is 11.5 Å². The van der Waals surface area contributed by atoms with E-state index in [4.69, 9.17) is 15.2 Å². The van der Waals surface area contributed by atoms with E-state index >= 15 is 0 Å². The molecule has 0 fully saturated rings. The van der Waals surface area contributed by atoms with Gasteiger partial charge in [-0.15, -0.1) is 0 Å². The van der Waals surface area contributed by atoms with Crippen LogP contribution in [-0.2, 0) is 0 Å². The number of rotatable bonds is 5. The molecule has 0 spiro atoms. The fraction of sp³-hybridized carbons (Fsp3) is 0.136. The molecule has 0 aliphatic rings. The number of ether oxygens (including phenoxy) is 2. The van der Waals surface area contributed by atoms with Gasteiger partial charge in [0.15, 0.2) is 11.5 Å². The van der Waals surface area contributed by atoms with Gasteiger partial charge in [0.2, 0.25) is 0 Å². The van der Waals surface area contributed by atoms with Gasteiger partial charge in [0.1, 0.15) is 28.5 Å². The van der Waals surface area contributed by atoms with E-state index in [0.29, 0.717) is 27.7 Å². The van der Waals surface area contributed by atoms with Crippen LogP contribution in [0.4, 0.5) is 5.82 Å². The summed E-state index contributed by atoms with van der Waals surface area (Å²) in [4.78, 5) is 5.25. The minimum absolute atomic E-state index is 0.0749. The smallest absolute Gasteiger partial charge is 0.161 e. The van der Waals surface area contributed by atoms with Gasteiger partial charge in [0.25, 0.3) is 0 Å². The molecule has 0 aliphatic carbocycles. The zero-order valence-electron chi connectivity index (χ0n) is 16.2. The van der Waals surface area contributed by atoms with Crippen molar-refractivity contribution in [1.82, 2.24) is 4.98 Å². The third-order valence-electron chi connectivity index (χ3n) is 4.32. The zero-order valence-corrected chi connectivity index (χ0v) is 17.0. The predicted molar refractivity (Wildman–Crippen MR) is 112 cm³/mol. The lowest BCUT2D eigenvalue weighted by molar-refractivity contribution is 0.355. The third-order valence-corrected chi connectivity index (χ3v) is 5.32. The summed E-state index contributed by atoms with van der Waals surface area (Å²) >= 11 is 1.33. The molecule has 144 valence electrons. The maximum Gasteiger partial charge on any atom is 0.161 e. The lowest BCUT2D eigenvalue weighted by Gasteiger charge is -2.15. The summed E-state index contributed by atoms with van der Waals surface area (Å²) < 4.78 is 10.6. The first-order valence-electron chi connectivity index (χ1n) is 8.63. The van der Waals surface area contributed by atoms with Crippen molar-refractivity contribution in [2.24, 2.45) is 0 Å². The molecule has 29 heavy (non-hydrogen) atoms. The van der Waals surface area contributed by atoms with Crippen LogP contribution in [0, 0.1) is 29.6 Å². The standard InChI is InChI=1S/C22H18N4O2S/c1-13-4-7-15(8-5-13)29-22-17(12-24)20(16(11-23)21(25)26-22)14-6-9-18(27-2)19(10-14)28-3/h4-10H,1-3H3,(H2,25,26). The van der Waals surface area contributed by atoms with E-state index in [1.807, 2.05) is 31.2 Å². The van der Waals surface area contributed by atoms with E-state index in [-0.39, 0.29) is 16.9 Å². The SMILES string of the molecule is COc1ccc(-c2c(C#N)c(N)nc(Sc3ccc(C)cc3)c2C#N)cc1OC. The summed E-state index contributed by atoms with van der Waals surface area (Å²) in [7, 11) is 3.07. The number of benzene rings is 2. The van der Waals surface area contributed by atoms with E-state index in [9.17, 15) is 10.5 Å². The quantitative estimate of drug-likeness (QED) is 0.667. The number of nitrogen functional groups attached to an aromatic ring is 1. The third kappa shape index (κ3) is 3.96. The van der Waals surface area contributed by atoms with Gasteiger partial charge in [-0.2, -0.15) is 10.5 Å². The molecule has 0 amide bonds. The summed E-state index contributed by atoms with van der Waals surface area (Å²) in [5, 5.41) is 20.0. The molecule has 0 radical (unpaired) electrons. The van der Waals surface area contributed by atoms with Crippen LogP contribution in [0.15, 0.2) is 52.4 Å². The van der Waals surface area contributed by atoms with Crippen molar-refractivity contribution < 1.29 is 9.47 Å². The summed E-state index contributed by atoms with van der Waals surface area (Å²) in [6.07, 6.45) is 0. The van der Waals surface area contributed by atoms with Gasteiger partial charge in [-0.05, 0) is 36.8 Å². The summed E-state index contributed by atoms with van der Waals surface area (Å²) in [5.41, 5.74) is 8.71. The van der Waals surface area contributed by atoms with Crippen LogP contribution in [0.25, 0.3) is 11.1 Å². The Kier molecular flexibility index (Phi) is 5.92. The fourth-order valence-corrected chi connectivity index (χ4v) is 3.76. The highest BCUT2D eigenvalue weighted by molar-refractivity contribution is 7.99. The second kappa shape index (κ2) is 8.55. The molecule has 0 aliphatic heterocycles. The summed E-state index contributed by atoms with van der Waals surface area (Å²) in [6.45, 7) is 2.00. The molecule has 1 heterocycles. The summed E-state index contributed by atoms with van der Waals surface area (Å²) in [6, 6.07) is 17.4. The molecule has 2 aromatic carbocycles. The highest BCUT2D eigenvalue weighted by Crippen LogP contribution is 2.40. The molecule has 6 nitrogen and oxygen atoms in total. The molecule has 0 atom stereocenters. The Morgan fingerprint density at radius 2 is 1.59 bits per heavy atom. The van der Waals surface area contributed by atoms with Gasteiger partial charge in [0.05, 0.1) is 19.8 Å². The monoisotopic (exact) mass is 402 g/mol. The lowest BCUT2D eigenvalue weighted by Crippen LogP contribution is -2.03. The molecule has 7 heteroatoms. The van der Waals surface area contributed by atoms with E-state index in [0.717, 1.165) is 10.5 Å².